The average Bonchev–Trinajstić information content (AvgIpc) is 3.47. The maximum atomic E-state index is 12.9. The summed E-state index contributed by atoms with van der Waals surface area (Å²) in [6.07, 6.45) is 1.32. The van der Waals surface area contributed by atoms with Crippen LogP contribution in [0.25, 0.3) is 0 Å². The zero-order valence-electron chi connectivity index (χ0n) is 17.3. The molecule has 10 heteroatoms. The van der Waals surface area contributed by atoms with Crippen molar-refractivity contribution in [2.75, 3.05) is 18.0 Å². The smallest absolute Gasteiger partial charge is 0.326 e. The molecule has 2 aliphatic heterocycles. The summed E-state index contributed by atoms with van der Waals surface area (Å²) in [6.45, 7) is 2.54. The Morgan fingerprint density at radius 3 is 2.66 bits per heavy atom. The molecule has 2 saturated heterocycles. The Hall–Kier alpha value is -2.72. The lowest BCUT2D eigenvalue weighted by Gasteiger charge is -2.23. The SMILES string of the molecule is Cc1cc(N2CC(NC(=O)c3ccc(Br)s3)CC2=O)ccc1C(=O)N1CCC[C@H]1C(=O)O. The minimum absolute atomic E-state index is 0.105. The van der Waals surface area contributed by atoms with Crippen molar-refractivity contribution in [2.45, 2.75) is 38.3 Å². The zero-order chi connectivity index (χ0) is 23.0. The van der Waals surface area contributed by atoms with Gasteiger partial charge in [-0.1, -0.05) is 0 Å². The molecule has 0 bridgehead atoms. The second kappa shape index (κ2) is 9.03. The van der Waals surface area contributed by atoms with E-state index in [1.165, 1.54) is 16.2 Å². The van der Waals surface area contributed by atoms with Crippen molar-refractivity contribution in [3.8, 4) is 0 Å². The number of likely N-dealkylation sites (tertiary alicyclic amines) is 1. The number of benzene rings is 1. The molecule has 1 aromatic heterocycles. The lowest BCUT2D eigenvalue weighted by Crippen LogP contribution is -2.40. The molecule has 8 nitrogen and oxygen atoms in total. The van der Waals surface area contributed by atoms with Crippen LogP contribution in [0.2, 0.25) is 0 Å². The first-order valence-electron chi connectivity index (χ1n) is 10.3. The number of carbonyl (C=O) groups excluding carboxylic acids is 3. The number of aryl methyl sites for hydroxylation is 1. The number of carboxylic acids is 1. The molecular formula is C22H22BrN3O5S. The van der Waals surface area contributed by atoms with Crippen LogP contribution < -0.4 is 10.2 Å². The fourth-order valence-electron chi connectivity index (χ4n) is 4.22. The first kappa shape index (κ1) is 22.5. The van der Waals surface area contributed by atoms with Gasteiger partial charge < -0.3 is 20.2 Å². The molecular weight excluding hydrogens is 498 g/mol. The minimum atomic E-state index is -0.990. The second-order valence-electron chi connectivity index (χ2n) is 7.98. The Labute approximate surface area is 197 Å². The fourth-order valence-corrected chi connectivity index (χ4v) is 5.51. The van der Waals surface area contributed by atoms with Crippen LogP contribution in [-0.4, -0.2) is 58.9 Å². The molecule has 168 valence electrons. The third kappa shape index (κ3) is 4.42. The number of halogens is 1. The highest BCUT2D eigenvalue weighted by atomic mass is 79.9. The van der Waals surface area contributed by atoms with Gasteiger partial charge in [-0.25, -0.2) is 4.79 Å². The lowest BCUT2D eigenvalue weighted by molar-refractivity contribution is -0.141. The number of carboxylic acid groups (broad SMARTS) is 1. The molecule has 3 amide bonds. The monoisotopic (exact) mass is 519 g/mol. The van der Waals surface area contributed by atoms with Crippen molar-refractivity contribution in [3.63, 3.8) is 0 Å². The van der Waals surface area contributed by atoms with E-state index in [0.717, 1.165) is 3.79 Å². The van der Waals surface area contributed by atoms with Crippen LogP contribution in [-0.2, 0) is 9.59 Å². The summed E-state index contributed by atoms with van der Waals surface area (Å²) in [6, 6.07) is 7.54. The van der Waals surface area contributed by atoms with E-state index in [0.29, 0.717) is 47.6 Å². The van der Waals surface area contributed by atoms with Gasteiger partial charge in [0.25, 0.3) is 11.8 Å². The Morgan fingerprint density at radius 1 is 1.22 bits per heavy atom. The third-order valence-corrected chi connectivity index (χ3v) is 7.43. The number of amides is 3. The average molecular weight is 520 g/mol. The van der Waals surface area contributed by atoms with E-state index in [1.807, 2.05) is 0 Å². The predicted octanol–water partition coefficient (Wildman–Crippen LogP) is 3.04. The number of rotatable bonds is 5. The summed E-state index contributed by atoms with van der Waals surface area (Å²) >= 11 is 4.67. The van der Waals surface area contributed by atoms with E-state index in [1.54, 1.807) is 42.2 Å². The maximum Gasteiger partial charge on any atom is 0.326 e. The zero-order valence-corrected chi connectivity index (χ0v) is 19.7. The van der Waals surface area contributed by atoms with Crippen LogP contribution in [0.3, 0.4) is 0 Å². The molecule has 2 fully saturated rings. The molecule has 2 aliphatic rings. The molecule has 3 heterocycles. The third-order valence-electron chi connectivity index (χ3n) is 5.81. The Kier molecular flexibility index (Phi) is 6.34. The summed E-state index contributed by atoms with van der Waals surface area (Å²) in [7, 11) is 0. The van der Waals surface area contributed by atoms with Gasteiger partial charge in [0.15, 0.2) is 0 Å². The molecule has 32 heavy (non-hydrogen) atoms. The Morgan fingerprint density at radius 2 is 2.00 bits per heavy atom. The number of carbonyl (C=O) groups is 4. The summed E-state index contributed by atoms with van der Waals surface area (Å²) in [5.41, 5.74) is 1.75. The molecule has 1 aromatic carbocycles. The molecule has 2 atom stereocenters. The van der Waals surface area contributed by atoms with Gasteiger partial charge in [0.2, 0.25) is 5.91 Å². The van der Waals surface area contributed by atoms with E-state index in [-0.39, 0.29) is 30.2 Å². The van der Waals surface area contributed by atoms with E-state index in [2.05, 4.69) is 21.2 Å². The second-order valence-corrected chi connectivity index (χ2v) is 10.4. The van der Waals surface area contributed by atoms with Crippen molar-refractivity contribution in [3.05, 3.63) is 50.1 Å². The first-order valence-corrected chi connectivity index (χ1v) is 11.9. The fraction of sp³-hybridized carbons (Fsp3) is 0.364. The molecule has 0 saturated carbocycles. The van der Waals surface area contributed by atoms with Gasteiger partial charge in [-0.15, -0.1) is 11.3 Å². The summed E-state index contributed by atoms with van der Waals surface area (Å²) in [4.78, 5) is 52.9. The summed E-state index contributed by atoms with van der Waals surface area (Å²) in [5.74, 6) is -1.61. The lowest BCUT2D eigenvalue weighted by atomic mass is 10.1. The van der Waals surface area contributed by atoms with E-state index in [9.17, 15) is 24.3 Å². The number of nitrogens with zero attached hydrogens (tertiary/aromatic N) is 2. The van der Waals surface area contributed by atoms with E-state index in [4.69, 9.17) is 0 Å². The molecule has 0 radical (unpaired) electrons. The molecule has 2 N–H and O–H groups in total. The normalized spacial score (nSPS) is 20.6. The molecule has 1 unspecified atom stereocenters. The summed E-state index contributed by atoms with van der Waals surface area (Å²) < 4.78 is 0.862. The highest BCUT2D eigenvalue weighted by Crippen LogP contribution is 2.28. The van der Waals surface area contributed by atoms with Crippen molar-refractivity contribution in [1.29, 1.82) is 0 Å². The van der Waals surface area contributed by atoms with Crippen LogP contribution >= 0.6 is 27.3 Å². The first-order chi connectivity index (χ1) is 15.2. The van der Waals surface area contributed by atoms with Crippen LogP contribution in [0.1, 0.15) is 44.9 Å². The highest BCUT2D eigenvalue weighted by Gasteiger charge is 2.36. The number of nitrogens with one attached hydrogen (secondary N) is 1. The van der Waals surface area contributed by atoms with Gasteiger partial charge in [-0.05, 0) is 71.6 Å². The quantitative estimate of drug-likeness (QED) is 0.631. The molecule has 2 aromatic rings. The van der Waals surface area contributed by atoms with Crippen LogP contribution in [0.15, 0.2) is 34.1 Å². The topological polar surface area (TPSA) is 107 Å². The van der Waals surface area contributed by atoms with Crippen LogP contribution in [0.4, 0.5) is 5.69 Å². The molecule has 0 spiro atoms. The Bertz CT molecular complexity index is 1100. The number of hydrogen-bond donors (Lipinski definition) is 2. The standard InChI is InChI=1S/C22H22BrN3O5S/c1-12-9-14(4-5-15(12)21(29)25-8-2-3-16(25)22(30)31)26-11-13(10-19(26)27)24-20(28)17-6-7-18(23)32-17/h4-7,9,13,16H,2-3,8,10-11H2,1H3,(H,24,28)(H,30,31)/t13?,16-/m0/s1. The van der Waals surface area contributed by atoms with Crippen molar-refractivity contribution >= 4 is 56.6 Å². The maximum absolute atomic E-state index is 12.9. The molecule has 4 rings (SSSR count). The number of thiophene rings is 1. The Balaban J connectivity index is 1.45. The molecule has 0 aliphatic carbocycles. The largest absolute Gasteiger partial charge is 0.480 e. The van der Waals surface area contributed by atoms with Gasteiger partial charge in [0.1, 0.15) is 6.04 Å². The highest BCUT2D eigenvalue weighted by molar-refractivity contribution is 9.11. The van der Waals surface area contributed by atoms with Crippen LogP contribution in [0.5, 0.6) is 0 Å². The number of aliphatic carboxylic acids is 1. The van der Waals surface area contributed by atoms with Gasteiger partial charge in [-0.2, -0.15) is 0 Å². The van der Waals surface area contributed by atoms with Crippen molar-refractivity contribution in [1.82, 2.24) is 10.2 Å². The van der Waals surface area contributed by atoms with E-state index >= 15 is 0 Å². The van der Waals surface area contributed by atoms with Crippen LogP contribution in [0, 0.1) is 6.92 Å². The van der Waals surface area contributed by atoms with Gasteiger partial charge >= 0.3 is 5.97 Å². The number of hydrogen-bond acceptors (Lipinski definition) is 5. The van der Waals surface area contributed by atoms with Crippen molar-refractivity contribution in [2.24, 2.45) is 0 Å². The summed E-state index contributed by atoms with van der Waals surface area (Å²) in [5, 5.41) is 12.3. The predicted molar refractivity (Wildman–Crippen MR) is 123 cm³/mol. The van der Waals surface area contributed by atoms with Gasteiger partial charge in [-0.3, -0.25) is 14.4 Å². The van der Waals surface area contributed by atoms with Gasteiger partial charge in [0, 0.05) is 30.8 Å². The number of anilines is 1. The van der Waals surface area contributed by atoms with E-state index < -0.39 is 12.0 Å². The van der Waals surface area contributed by atoms with Crippen molar-refractivity contribution < 1.29 is 24.3 Å². The minimum Gasteiger partial charge on any atom is -0.480 e. The van der Waals surface area contributed by atoms with Gasteiger partial charge in [0.05, 0.1) is 14.7 Å².